The monoisotopic (exact) mass is 314 g/mol. The van der Waals surface area contributed by atoms with Crippen LogP contribution in [0.4, 0.5) is 10.7 Å². The summed E-state index contributed by atoms with van der Waals surface area (Å²) >= 11 is 0. The number of nitrogens with zero attached hydrogens (tertiary/aromatic N) is 3. The molecule has 3 amide bonds. The fourth-order valence-corrected chi connectivity index (χ4v) is 2.14. The first-order chi connectivity index (χ1) is 11.1. The van der Waals surface area contributed by atoms with Crippen LogP contribution < -0.4 is 5.32 Å². The lowest BCUT2D eigenvalue weighted by Gasteiger charge is -2.15. The van der Waals surface area contributed by atoms with Crippen LogP contribution in [-0.4, -0.2) is 28.1 Å². The number of imide groups is 1. The first kappa shape index (κ1) is 14.4. The summed E-state index contributed by atoms with van der Waals surface area (Å²) in [4.78, 5) is 33.7. The first-order valence-electron chi connectivity index (χ1n) is 6.53. The molecule has 0 aliphatic carbocycles. The van der Waals surface area contributed by atoms with E-state index in [-0.39, 0.29) is 5.76 Å². The van der Waals surface area contributed by atoms with Crippen molar-refractivity contribution in [3.05, 3.63) is 63.9 Å². The summed E-state index contributed by atoms with van der Waals surface area (Å²) in [5.41, 5.74) is 0.596. The number of nitro groups is 1. The number of hydrogen-bond acceptors (Lipinski definition) is 6. The van der Waals surface area contributed by atoms with Crippen LogP contribution in [0.25, 0.3) is 0 Å². The van der Waals surface area contributed by atoms with E-state index < -0.39 is 28.8 Å². The molecule has 1 aliphatic heterocycles. The summed E-state index contributed by atoms with van der Waals surface area (Å²) in [6, 6.07) is 9.60. The molecule has 1 aliphatic rings. The quantitative estimate of drug-likeness (QED) is 0.399. The molecule has 0 radical (unpaired) electrons. The third kappa shape index (κ3) is 2.79. The molecule has 2 aromatic rings. The summed E-state index contributed by atoms with van der Waals surface area (Å²) in [7, 11) is 0. The van der Waals surface area contributed by atoms with Crippen LogP contribution in [0.1, 0.15) is 17.4 Å². The van der Waals surface area contributed by atoms with E-state index in [1.165, 1.54) is 12.1 Å². The van der Waals surface area contributed by atoms with Crippen molar-refractivity contribution >= 4 is 24.0 Å². The third-order valence-corrected chi connectivity index (χ3v) is 3.15. The molecule has 3 rings (SSSR count). The van der Waals surface area contributed by atoms with Crippen LogP contribution in [0.2, 0.25) is 0 Å². The zero-order valence-corrected chi connectivity index (χ0v) is 11.6. The van der Waals surface area contributed by atoms with E-state index in [2.05, 4.69) is 10.4 Å². The van der Waals surface area contributed by atoms with Gasteiger partial charge in [-0.2, -0.15) is 10.1 Å². The van der Waals surface area contributed by atoms with E-state index in [1.54, 1.807) is 30.3 Å². The predicted octanol–water partition coefficient (Wildman–Crippen LogP) is 1.81. The number of hydrazone groups is 1. The van der Waals surface area contributed by atoms with Crippen molar-refractivity contribution < 1.29 is 18.9 Å². The Labute approximate surface area is 129 Å². The lowest BCUT2D eigenvalue weighted by Crippen LogP contribution is -2.24. The molecule has 0 spiro atoms. The number of amides is 3. The highest BCUT2D eigenvalue weighted by molar-refractivity contribution is 6.04. The molecule has 0 unspecified atom stereocenters. The predicted molar refractivity (Wildman–Crippen MR) is 77.5 cm³/mol. The highest BCUT2D eigenvalue weighted by Crippen LogP contribution is 2.26. The molecule has 0 saturated carbocycles. The Morgan fingerprint density at radius 2 is 1.96 bits per heavy atom. The van der Waals surface area contributed by atoms with Crippen LogP contribution >= 0.6 is 0 Å². The Bertz CT molecular complexity index is 799. The Kier molecular flexibility index (Phi) is 3.59. The molecule has 2 heterocycles. The molecule has 1 saturated heterocycles. The first-order valence-corrected chi connectivity index (χ1v) is 6.53. The second-order valence-electron chi connectivity index (χ2n) is 4.63. The largest absolute Gasteiger partial charge is 0.433 e. The zero-order chi connectivity index (χ0) is 16.4. The van der Waals surface area contributed by atoms with Gasteiger partial charge < -0.3 is 4.42 Å². The number of hydrogen-bond donors (Lipinski definition) is 1. The lowest BCUT2D eigenvalue weighted by molar-refractivity contribution is -0.402. The Morgan fingerprint density at radius 3 is 2.61 bits per heavy atom. The second-order valence-corrected chi connectivity index (χ2v) is 4.63. The van der Waals surface area contributed by atoms with Gasteiger partial charge in [0.05, 0.1) is 12.3 Å². The Morgan fingerprint density at radius 1 is 1.22 bits per heavy atom. The van der Waals surface area contributed by atoms with Gasteiger partial charge in [0.25, 0.3) is 5.91 Å². The SMILES string of the molecule is O=C1NC(=O)N(/N=C\c2ccc([N+](=O)[O-])o2)[C@H]1c1ccccc1. The van der Waals surface area contributed by atoms with Gasteiger partial charge in [0.1, 0.15) is 4.92 Å². The van der Waals surface area contributed by atoms with Crippen molar-refractivity contribution in [1.29, 1.82) is 0 Å². The minimum Gasteiger partial charge on any atom is -0.400 e. The summed E-state index contributed by atoms with van der Waals surface area (Å²) in [5.74, 6) is -0.840. The van der Waals surface area contributed by atoms with E-state index in [9.17, 15) is 19.7 Å². The van der Waals surface area contributed by atoms with Gasteiger partial charge in [0.2, 0.25) is 0 Å². The van der Waals surface area contributed by atoms with Gasteiger partial charge in [-0.3, -0.25) is 20.2 Å². The Hall–Kier alpha value is -3.49. The standard InChI is InChI=1S/C14H10N4O5/c19-13-12(9-4-2-1-3-5-9)17(14(20)16-13)15-8-10-6-7-11(23-10)18(21)22/h1-8,12H,(H,16,19,20)/b15-8-/t12-/m0/s1. The molecule has 1 atom stereocenters. The number of furan rings is 1. The molecular weight excluding hydrogens is 304 g/mol. The van der Waals surface area contributed by atoms with E-state index in [0.29, 0.717) is 5.56 Å². The van der Waals surface area contributed by atoms with E-state index in [1.807, 2.05) is 0 Å². The fraction of sp³-hybridized carbons (Fsp3) is 0.0714. The normalized spacial score (nSPS) is 17.7. The number of nitrogens with one attached hydrogen (secondary N) is 1. The van der Waals surface area contributed by atoms with Crippen molar-refractivity contribution in [3.8, 4) is 0 Å². The third-order valence-electron chi connectivity index (χ3n) is 3.15. The molecule has 116 valence electrons. The topological polar surface area (TPSA) is 118 Å². The average molecular weight is 314 g/mol. The molecule has 1 aromatic heterocycles. The van der Waals surface area contributed by atoms with E-state index >= 15 is 0 Å². The minimum absolute atomic E-state index is 0.0932. The summed E-state index contributed by atoms with van der Waals surface area (Å²) in [5, 5.41) is 17.6. The summed E-state index contributed by atoms with van der Waals surface area (Å²) in [6.45, 7) is 0. The maximum atomic E-state index is 11.9. The number of benzene rings is 1. The van der Waals surface area contributed by atoms with Gasteiger partial charge in [-0.1, -0.05) is 30.3 Å². The van der Waals surface area contributed by atoms with Crippen LogP contribution in [-0.2, 0) is 4.79 Å². The number of carbonyl (C=O) groups is 2. The molecule has 1 fully saturated rings. The molecule has 9 nitrogen and oxygen atoms in total. The van der Waals surface area contributed by atoms with Gasteiger partial charge in [-0.15, -0.1) is 0 Å². The van der Waals surface area contributed by atoms with Crippen molar-refractivity contribution in [1.82, 2.24) is 10.3 Å². The van der Waals surface area contributed by atoms with Gasteiger partial charge in [0, 0.05) is 0 Å². The van der Waals surface area contributed by atoms with Gasteiger partial charge >= 0.3 is 11.9 Å². The Balaban J connectivity index is 1.86. The molecular formula is C14H10N4O5. The van der Waals surface area contributed by atoms with Gasteiger partial charge in [0.15, 0.2) is 11.8 Å². The number of urea groups is 1. The van der Waals surface area contributed by atoms with Crippen LogP contribution in [0.3, 0.4) is 0 Å². The van der Waals surface area contributed by atoms with Crippen molar-refractivity contribution in [2.24, 2.45) is 5.10 Å². The minimum atomic E-state index is -0.898. The van der Waals surface area contributed by atoms with Crippen LogP contribution in [0.5, 0.6) is 0 Å². The highest BCUT2D eigenvalue weighted by atomic mass is 16.6. The lowest BCUT2D eigenvalue weighted by atomic mass is 10.1. The molecule has 23 heavy (non-hydrogen) atoms. The average Bonchev–Trinajstić information content (AvgIpc) is 3.10. The fourth-order valence-electron chi connectivity index (χ4n) is 2.14. The van der Waals surface area contributed by atoms with Crippen LogP contribution in [0, 0.1) is 10.1 Å². The van der Waals surface area contributed by atoms with Gasteiger partial charge in [-0.05, 0) is 11.6 Å². The van der Waals surface area contributed by atoms with E-state index in [4.69, 9.17) is 4.42 Å². The van der Waals surface area contributed by atoms with Crippen molar-refractivity contribution in [3.63, 3.8) is 0 Å². The molecule has 0 bridgehead atoms. The highest BCUT2D eigenvalue weighted by Gasteiger charge is 2.39. The second kappa shape index (κ2) is 5.72. The molecule has 1 aromatic carbocycles. The summed E-state index contributed by atoms with van der Waals surface area (Å²) in [6.07, 6.45) is 1.14. The van der Waals surface area contributed by atoms with Gasteiger partial charge in [-0.25, -0.2) is 4.79 Å². The zero-order valence-electron chi connectivity index (χ0n) is 11.6. The van der Waals surface area contributed by atoms with E-state index in [0.717, 1.165) is 11.2 Å². The molecule has 9 heteroatoms. The number of carbonyl (C=O) groups excluding carboxylic acids is 2. The smallest absolute Gasteiger partial charge is 0.400 e. The maximum absolute atomic E-state index is 11.9. The number of rotatable bonds is 4. The maximum Gasteiger partial charge on any atom is 0.433 e. The molecule has 1 N–H and O–H groups in total. The van der Waals surface area contributed by atoms with Crippen LogP contribution in [0.15, 0.2) is 52.0 Å². The summed E-state index contributed by atoms with van der Waals surface area (Å²) < 4.78 is 4.92. The van der Waals surface area contributed by atoms with Crippen molar-refractivity contribution in [2.45, 2.75) is 6.04 Å². The van der Waals surface area contributed by atoms with Crippen molar-refractivity contribution in [2.75, 3.05) is 0 Å².